The van der Waals surface area contributed by atoms with E-state index in [0.29, 0.717) is 18.5 Å². The molecule has 0 saturated carbocycles. The van der Waals surface area contributed by atoms with Gasteiger partial charge in [0.2, 0.25) is 5.91 Å². The van der Waals surface area contributed by atoms with E-state index in [1.54, 1.807) is 4.90 Å². The molecule has 2 amide bonds. The second-order valence-corrected chi connectivity index (χ2v) is 6.51. The van der Waals surface area contributed by atoms with Crippen LogP contribution in [0, 0.1) is 20.8 Å². The molecule has 1 atom stereocenters. The molecular formula is C20H22N2O2. The molecule has 0 bridgehead atoms. The largest absolute Gasteiger partial charge is 0.347 e. The number of hydrogen-bond donors (Lipinski definition) is 1. The lowest BCUT2D eigenvalue weighted by molar-refractivity contribution is -0.117. The lowest BCUT2D eigenvalue weighted by atomic mass is 10.1. The molecule has 1 aliphatic rings. The zero-order valence-corrected chi connectivity index (χ0v) is 14.3. The highest BCUT2D eigenvalue weighted by Crippen LogP contribution is 2.24. The van der Waals surface area contributed by atoms with Gasteiger partial charge >= 0.3 is 0 Å². The summed E-state index contributed by atoms with van der Waals surface area (Å²) in [5.41, 5.74) is 5.00. The first-order chi connectivity index (χ1) is 11.4. The quantitative estimate of drug-likeness (QED) is 0.944. The van der Waals surface area contributed by atoms with Crippen molar-refractivity contribution >= 4 is 17.5 Å². The van der Waals surface area contributed by atoms with Gasteiger partial charge in [-0.2, -0.15) is 0 Å². The molecule has 1 N–H and O–H groups in total. The summed E-state index contributed by atoms with van der Waals surface area (Å²) in [6.45, 7) is 6.59. The van der Waals surface area contributed by atoms with Crippen molar-refractivity contribution in [2.45, 2.75) is 33.2 Å². The topological polar surface area (TPSA) is 49.4 Å². The van der Waals surface area contributed by atoms with Gasteiger partial charge in [-0.15, -0.1) is 0 Å². The molecular weight excluding hydrogens is 300 g/mol. The average molecular weight is 322 g/mol. The number of carbonyl (C=O) groups excluding carboxylic acids is 2. The molecule has 1 heterocycles. The van der Waals surface area contributed by atoms with Crippen LogP contribution in [0.15, 0.2) is 42.5 Å². The molecule has 0 radical (unpaired) electrons. The molecule has 0 aliphatic carbocycles. The fourth-order valence-electron chi connectivity index (χ4n) is 2.92. The zero-order chi connectivity index (χ0) is 17.3. The number of nitrogens with zero attached hydrogens (tertiary/aromatic N) is 1. The first-order valence-corrected chi connectivity index (χ1v) is 8.19. The van der Waals surface area contributed by atoms with Crippen molar-refractivity contribution in [1.29, 1.82) is 0 Å². The van der Waals surface area contributed by atoms with E-state index in [4.69, 9.17) is 0 Å². The summed E-state index contributed by atoms with van der Waals surface area (Å²) in [6.07, 6.45) is 0.338. The Labute approximate surface area is 142 Å². The van der Waals surface area contributed by atoms with Crippen LogP contribution in [0.25, 0.3) is 0 Å². The number of nitrogens with one attached hydrogen (secondary N) is 1. The second-order valence-electron chi connectivity index (χ2n) is 6.51. The van der Waals surface area contributed by atoms with E-state index in [0.717, 1.165) is 16.8 Å². The van der Waals surface area contributed by atoms with Gasteiger partial charge in [-0.1, -0.05) is 23.8 Å². The summed E-state index contributed by atoms with van der Waals surface area (Å²) in [7, 11) is 0. The van der Waals surface area contributed by atoms with Gasteiger partial charge in [0.15, 0.2) is 0 Å². The maximum Gasteiger partial charge on any atom is 0.251 e. The van der Waals surface area contributed by atoms with Gasteiger partial charge < -0.3 is 10.2 Å². The van der Waals surface area contributed by atoms with Crippen molar-refractivity contribution in [2.24, 2.45) is 0 Å². The molecule has 124 valence electrons. The lowest BCUT2D eigenvalue weighted by Gasteiger charge is -2.18. The molecule has 1 fully saturated rings. The van der Waals surface area contributed by atoms with E-state index in [1.807, 2.05) is 56.3 Å². The first-order valence-electron chi connectivity index (χ1n) is 8.19. The number of aryl methyl sites for hydroxylation is 3. The number of amides is 2. The van der Waals surface area contributed by atoms with Crippen LogP contribution >= 0.6 is 0 Å². The first kappa shape index (κ1) is 16.2. The van der Waals surface area contributed by atoms with Gasteiger partial charge in [-0.3, -0.25) is 9.59 Å². The summed E-state index contributed by atoms with van der Waals surface area (Å²) in [5.74, 6) is -0.0813. The van der Waals surface area contributed by atoms with Crippen LogP contribution in [-0.4, -0.2) is 24.4 Å². The van der Waals surface area contributed by atoms with Crippen molar-refractivity contribution in [3.05, 3.63) is 64.7 Å². The number of hydrogen-bond acceptors (Lipinski definition) is 2. The van der Waals surface area contributed by atoms with Gasteiger partial charge in [0, 0.05) is 24.2 Å². The van der Waals surface area contributed by atoms with Crippen molar-refractivity contribution < 1.29 is 9.59 Å². The molecule has 1 aliphatic heterocycles. The summed E-state index contributed by atoms with van der Waals surface area (Å²) in [5, 5.41) is 2.97. The van der Waals surface area contributed by atoms with Gasteiger partial charge in [-0.05, 0) is 56.2 Å². The molecule has 1 saturated heterocycles. The Bertz CT molecular complexity index is 781. The monoisotopic (exact) mass is 322 g/mol. The van der Waals surface area contributed by atoms with Gasteiger partial charge in [0.05, 0.1) is 6.04 Å². The lowest BCUT2D eigenvalue weighted by Crippen LogP contribution is -2.37. The molecule has 24 heavy (non-hydrogen) atoms. The summed E-state index contributed by atoms with van der Waals surface area (Å²) >= 11 is 0. The summed E-state index contributed by atoms with van der Waals surface area (Å²) in [6, 6.07) is 13.3. The van der Waals surface area contributed by atoms with Crippen LogP contribution < -0.4 is 10.2 Å². The molecule has 0 aromatic heterocycles. The van der Waals surface area contributed by atoms with Crippen LogP contribution in [0.4, 0.5) is 5.69 Å². The highest BCUT2D eigenvalue weighted by Gasteiger charge is 2.31. The molecule has 2 aromatic rings. The number of carbonyl (C=O) groups is 2. The smallest absolute Gasteiger partial charge is 0.251 e. The normalized spacial score (nSPS) is 17.2. The molecule has 3 rings (SSSR count). The minimum absolute atomic E-state index is 0.0486. The van der Waals surface area contributed by atoms with Crippen molar-refractivity contribution in [3.63, 3.8) is 0 Å². The molecule has 2 aromatic carbocycles. The average Bonchev–Trinajstić information content (AvgIpc) is 2.91. The van der Waals surface area contributed by atoms with E-state index in [2.05, 4.69) is 12.2 Å². The molecule has 4 heteroatoms. The molecule has 0 spiro atoms. The fraction of sp³-hybridized carbons (Fsp3) is 0.300. The minimum atomic E-state index is -0.159. The van der Waals surface area contributed by atoms with Gasteiger partial charge in [0.25, 0.3) is 5.91 Å². The Morgan fingerprint density at radius 3 is 2.42 bits per heavy atom. The van der Waals surface area contributed by atoms with Crippen molar-refractivity contribution in [3.8, 4) is 0 Å². The van der Waals surface area contributed by atoms with Crippen LogP contribution in [0.5, 0.6) is 0 Å². The Morgan fingerprint density at radius 2 is 1.75 bits per heavy atom. The third-order valence-electron chi connectivity index (χ3n) is 4.58. The van der Waals surface area contributed by atoms with Crippen LogP contribution in [0.3, 0.4) is 0 Å². The van der Waals surface area contributed by atoms with E-state index in [1.165, 1.54) is 5.56 Å². The molecule has 4 nitrogen and oxygen atoms in total. The highest BCUT2D eigenvalue weighted by molar-refractivity contribution is 5.99. The Kier molecular flexibility index (Phi) is 4.38. The SMILES string of the molecule is Cc1ccc(C(=O)NC2CC(=O)N(c3ccc(C)c(C)c3)C2)cc1. The fourth-order valence-corrected chi connectivity index (χ4v) is 2.92. The van der Waals surface area contributed by atoms with Gasteiger partial charge in [-0.25, -0.2) is 0 Å². The predicted octanol–water partition coefficient (Wildman–Crippen LogP) is 3.15. The van der Waals surface area contributed by atoms with Crippen LogP contribution in [0.1, 0.15) is 33.5 Å². The predicted molar refractivity (Wildman–Crippen MR) is 95.3 cm³/mol. The van der Waals surface area contributed by atoms with E-state index in [-0.39, 0.29) is 17.9 Å². The number of anilines is 1. The summed E-state index contributed by atoms with van der Waals surface area (Å²) < 4.78 is 0. The van der Waals surface area contributed by atoms with Crippen molar-refractivity contribution in [1.82, 2.24) is 5.32 Å². The van der Waals surface area contributed by atoms with E-state index < -0.39 is 0 Å². The Morgan fingerprint density at radius 1 is 1.04 bits per heavy atom. The second kappa shape index (κ2) is 6.48. The standard InChI is InChI=1S/C20H22N2O2/c1-13-4-7-16(8-5-13)20(24)21-17-11-19(23)22(12-17)18-9-6-14(2)15(3)10-18/h4-10,17H,11-12H2,1-3H3,(H,21,24). The minimum Gasteiger partial charge on any atom is -0.347 e. The Balaban J connectivity index is 1.69. The number of rotatable bonds is 3. The highest BCUT2D eigenvalue weighted by atomic mass is 16.2. The van der Waals surface area contributed by atoms with Crippen LogP contribution in [0.2, 0.25) is 0 Å². The van der Waals surface area contributed by atoms with Gasteiger partial charge in [0.1, 0.15) is 0 Å². The van der Waals surface area contributed by atoms with E-state index >= 15 is 0 Å². The maximum absolute atomic E-state index is 12.3. The third-order valence-corrected chi connectivity index (χ3v) is 4.58. The third kappa shape index (κ3) is 3.32. The van der Waals surface area contributed by atoms with E-state index in [9.17, 15) is 9.59 Å². The Hall–Kier alpha value is -2.62. The van der Waals surface area contributed by atoms with Crippen molar-refractivity contribution in [2.75, 3.05) is 11.4 Å². The van der Waals surface area contributed by atoms with Crippen LogP contribution in [-0.2, 0) is 4.79 Å². The number of benzene rings is 2. The molecule has 1 unspecified atom stereocenters. The zero-order valence-electron chi connectivity index (χ0n) is 14.3. The maximum atomic E-state index is 12.3. The summed E-state index contributed by atoms with van der Waals surface area (Å²) in [4.78, 5) is 26.4.